The van der Waals surface area contributed by atoms with Gasteiger partial charge in [0.05, 0.1) is 16.1 Å². The first-order valence-corrected chi connectivity index (χ1v) is 7.69. The van der Waals surface area contributed by atoms with Crippen molar-refractivity contribution in [2.75, 3.05) is 6.61 Å². The number of primary amides is 1. The molecule has 1 amide bonds. The van der Waals surface area contributed by atoms with Crippen molar-refractivity contribution in [1.82, 2.24) is 4.57 Å². The van der Waals surface area contributed by atoms with Gasteiger partial charge in [-0.15, -0.1) is 0 Å². The average molecular weight is 343 g/mol. The molecule has 1 heterocycles. The maximum absolute atomic E-state index is 12.6. The number of nitrogens with two attached hydrogens (primary N) is 1. The summed E-state index contributed by atoms with van der Waals surface area (Å²) in [5.74, 6) is -0.449. The normalized spacial score (nSPS) is 10.8. The first-order chi connectivity index (χ1) is 11.5. The standard InChI is InChI=1S/C18H15ClN2O3/c1-11-17(18(20)23)12-6-2-4-8-14(12)21(11)16(22)10-24-15-9-5-3-7-13(15)19/h2-9H,10H2,1H3,(H2,20,23). The van der Waals surface area contributed by atoms with Gasteiger partial charge in [0, 0.05) is 11.1 Å². The summed E-state index contributed by atoms with van der Waals surface area (Å²) in [5, 5.41) is 1.07. The lowest BCUT2D eigenvalue weighted by Crippen LogP contribution is -2.21. The van der Waals surface area contributed by atoms with E-state index >= 15 is 0 Å². The molecule has 0 saturated carbocycles. The molecule has 0 aliphatic heterocycles. The molecule has 0 aliphatic carbocycles. The second-order valence-corrected chi connectivity index (χ2v) is 5.70. The number of carbonyl (C=O) groups excluding carboxylic acids is 2. The van der Waals surface area contributed by atoms with Gasteiger partial charge in [0.2, 0.25) is 0 Å². The monoisotopic (exact) mass is 342 g/mol. The maximum Gasteiger partial charge on any atom is 0.269 e. The van der Waals surface area contributed by atoms with E-state index < -0.39 is 5.91 Å². The topological polar surface area (TPSA) is 74.3 Å². The Kier molecular flexibility index (Phi) is 4.27. The Morgan fingerprint density at radius 2 is 1.79 bits per heavy atom. The Balaban J connectivity index is 1.97. The Hall–Kier alpha value is -2.79. The van der Waals surface area contributed by atoms with E-state index in [4.69, 9.17) is 22.1 Å². The summed E-state index contributed by atoms with van der Waals surface area (Å²) in [4.78, 5) is 24.4. The van der Waals surface area contributed by atoms with Crippen molar-refractivity contribution < 1.29 is 14.3 Å². The van der Waals surface area contributed by atoms with Crippen molar-refractivity contribution in [2.24, 2.45) is 5.73 Å². The number of para-hydroxylation sites is 2. The summed E-state index contributed by atoms with van der Waals surface area (Å²) >= 11 is 6.02. The number of rotatable bonds is 4. The minimum absolute atomic E-state index is 0.207. The minimum Gasteiger partial charge on any atom is -0.482 e. The molecule has 3 aromatic rings. The molecule has 1 aromatic heterocycles. The van der Waals surface area contributed by atoms with Crippen LogP contribution in [0.15, 0.2) is 48.5 Å². The van der Waals surface area contributed by atoms with Gasteiger partial charge in [-0.25, -0.2) is 0 Å². The minimum atomic E-state index is -0.567. The fraction of sp³-hybridized carbons (Fsp3) is 0.111. The van der Waals surface area contributed by atoms with E-state index in [0.717, 1.165) is 0 Å². The van der Waals surface area contributed by atoms with E-state index in [0.29, 0.717) is 32.9 Å². The molecule has 6 heteroatoms. The second-order valence-electron chi connectivity index (χ2n) is 5.29. The third-order valence-electron chi connectivity index (χ3n) is 3.80. The molecule has 24 heavy (non-hydrogen) atoms. The highest BCUT2D eigenvalue weighted by Gasteiger charge is 2.21. The van der Waals surface area contributed by atoms with Crippen LogP contribution in [0.25, 0.3) is 10.9 Å². The van der Waals surface area contributed by atoms with Crippen LogP contribution in [0.2, 0.25) is 5.02 Å². The smallest absolute Gasteiger partial charge is 0.269 e. The van der Waals surface area contributed by atoms with Crippen molar-refractivity contribution in [3.05, 3.63) is 64.8 Å². The summed E-state index contributed by atoms with van der Waals surface area (Å²) < 4.78 is 6.96. The largest absolute Gasteiger partial charge is 0.482 e. The van der Waals surface area contributed by atoms with Crippen LogP contribution in [0, 0.1) is 6.92 Å². The molecule has 3 rings (SSSR count). The summed E-state index contributed by atoms with van der Waals surface area (Å²) in [6.45, 7) is 1.48. The highest BCUT2D eigenvalue weighted by Crippen LogP contribution is 2.26. The lowest BCUT2D eigenvalue weighted by molar-refractivity contribution is 0.0841. The van der Waals surface area contributed by atoms with E-state index in [1.54, 1.807) is 55.5 Å². The van der Waals surface area contributed by atoms with E-state index in [9.17, 15) is 9.59 Å². The van der Waals surface area contributed by atoms with Crippen LogP contribution in [0.4, 0.5) is 0 Å². The van der Waals surface area contributed by atoms with Gasteiger partial charge < -0.3 is 10.5 Å². The molecule has 122 valence electrons. The van der Waals surface area contributed by atoms with Crippen LogP contribution in [0.1, 0.15) is 20.8 Å². The number of halogens is 1. The number of amides is 1. The summed E-state index contributed by atoms with van der Waals surface area (Å²) in [6, 6.07) is 14.0. The van der Waals surface area contributed by atoms with E-state index in [2.05, 4.69) is 0 Å². The molecule has 0 fully saturated rings. The van der Waals surface area contributed by atoms with Crippen molar-refractivity contribution in [3.63, 3.8) is 0 Å². The first kappa shape index (κ1) is 16.1. The Bertz CT molecular complexity index is 947. The van der Waals surface area contributed by atoms with Crippen LogP contribution in [0.5, 0.6) is 5.75 Å². The molecule has 0 aliphatic rings. The van der Waals surface area contributed by atoms with E-state index in [1.165, 1.54) is 4.57 Å². The molecule has 0 saturated heterocycles. The Morgan fingerprint density at radius 3 is 2.50 bits per heavy atom. The number of nitrogens with zero attached hydrogens (tertiary/aromatic N) is 1. The van der Waals surface area contributed by atoms with Gasteiger partial charge in [0.15, 0.2) is 6.61 Å². The third-order valence-corrected chi connectivity index (χ3v) is 4.11. The average Bonchev–Trinajstić information content (AvgIpc) is 2.86. The van der Waals surface area contributed by atoms with Crippen LogP contribution in [0.3, 0.4) is 0 Å². The SMILES string of the molecule is Cc1c(C(N)=O)c2ccccc2n1C(=O)COc1ccccc1Cl. The van der Waals surface area contributed by atoms with Gasteiger partial charge in [-0.2, -0.15) is 0 Å². The lowest BCUT2D eigenvalue weighted by Gasteiger charge is -2.10. The predicted molar refractivity (Wildman–Crippen MR) is 92.8 cm³/mol. The van der Waals surface area contributed by atoms with Crippen molar-refractivity contribution in [1.29, 1.82) is 0 Å². The molecule has 2 aromatic carbocycles. The number of ether oxygens (including phenoxy) is 1. The summed E-state index contributed by atoms with van der Waals surface area (Å²) in [6.07, 6.45) is 0. The van der Waals surface area contributed by atoms with Crippen molar-refractivity contribution >= 4 is 34.3 Å². The number of aromatic nitrogens is 1. The number of hydrogen-bond donors (Lipinski definition) is 1. The Morgan fingerprint density at radius 1 is 1.12 bits per heavy atom. The fourth-order valence-corrected chi connectivity index (χ4v) is 2.96. The van der Waals surface area contributed by atoms with Crippen molar-refractivity contribution in [2.45, 2.75) is 6.92 Å². The number of carbonyl (C=O) groups is 2. The molecule has 2 N–H and O–H groups in total. The van der Waals surface area contributed by atoms with Gasteiger partial charge in [-0.05, 0) is 25.1 Å². The summed E-state index contributed by atoms with van der Waals surface area (Å²) in [7, 11) is 0. The molecule has 0 spiro atoms. The van der Waals surface area contributed by atoms with Crippen LogP contribution < -0.4 is 10.5 Å². The lowest BCUT2D eigenvalue weighted by atomic mass is 10.1. The molecular formula is C18H15ClN2O3. The summed E-state index contributed by atoms with van der Waals surface area (Å²) in [5.41, 5.74) is 6.93. The molecule has 5 nitrogen and oxygen atoms in total. The number of benzene rings is 2. The zero-order chi connectivity index (χ0) is 17.3. The van der Waals surface area contributed by atoms with Crippen molar-refractivity contribution in [3.8, 4) is 5.75 Å². The molecule has 0 bridgehead atoms. The van der Waals surface area contributed by atoms with Crippen LogP contribution >= 0.6 is 11.6 Å². The molecular weight excluding hydrogens is 328 g/mol. The van der Waals surface area contributed by atoms with Crippen LogP contribution in [-0.2, 0) is 0 Å². The fourth-order valence-electron chi connectivity index (χ4n) is 2.77. The number of fused-ring (bicyclic) bond motifs is 1. The van der Waals surface area contributed by atoms with Gasteiger partial charge in [-0.3, -0.25) is 14.2 Å². The third kappa shape index (κ3) is 2.74. The molecule has 0 atom stereocenters. The van der Waals surface area contributed by atoms with E-state index in [-0.39, 0.29) is 12.5 Å². The van der Waals surface area contributed by atoms with Gasteiger partial charge in [0.1, 0.15) is 5.75 Å². The quantitative estimate of drug-likeness (QED) is 0.789. The van der Waals surface area contributed by atoms with Gasteiger partial charge >= 0.3 is 0 Å². The zero-order valence-electron chi connectivity index (χ0n) is 13.0. The highest BCUT2D eigenvalue weighted by molar-refractivity contribution is 6.32. The van der Waals surface area contributed by atoms with E-state index in [1.807, 2.05) is 0 Å². The molecule has 0 radical (unpaired) electrons. The molecule has 0 unspecified atom stereocenters. The highest BCUT2D eigenvalue weighted by atomic mass is 35.5. The maximum atomic E-state index is 12.6. The zero-order valence-corrected chi connectivity index (χ0v) is 13.7. The number of hydrogen-bond acceptors (Lipinski definition) is 3. The second kappa shape index (κ2) is 6.37. The van der Waals surface area contributed by atoms with Gasteiger partial charge in [-0.1, -0.05) is 41.9 Å². The van der Waals surface area contributed by atoms with Crippen LogP contribution in [-0.4, -0.2) is 23.0 Å². The Labute approximate surface area is 143 Å². The predicted octanol–water partition coefficient (Wildman–Crippen LogP) is 3.42. The first-order valence-electron chi connectivity index (χ1n) is 7.31. The van der Waals surface area contributed by atoms with Gasteiger partial charge in [0.25, 0.3) is 11.8 Å².